The third-order valence-corrected chi connectivity index (χ3v) is 9.72. The minimum Gasteiger partial charge on any atom is -0.463 e. The van der Waals surface area contributed by atoms with Crippen molar-refractivity contribution < 1.29 is 33.8 Å². The number of aliphatic hydroxyl groups is 1. The van der Waals surface area contributed by atoms with Crippen molar-refractivity contribution in [3.05, 3.63) is 61.2 Å². The van der Waals surface area contributed by atoms with Crippen molar-refractivity contribution in [2.75, 3.05) is 19.8 Å². The SMILES string of the molecule is C=CCCC(=O)OC[C@H](NC(=O)[C@H]1[C@@H]2O[C@@]3(CC2Br)[C@@H]1C(=O)N([C@H](C)CO)[C@@H]3C(=O)N(CC=C)C(C)(C)C)c1ccccc1. The van der Waals surface area contributed by atoms with Gasteiger partial charge in [-0.3, -0.25) is 19.2 Å². The topological polar surface area (TPSA) is 125 Å². The van der Waals surface area contributed by atoms with E-state index >= 15 is 0 Å². The molecule has 2 N–H and O–H groups in total. The molecule has 3 amide bonds. The Hall–Kier alpha value is -3.02. The quantitative estimate of drug-likeness (QED) is 0.187. The van der Waals surface area contributed by atoms with Crippen LogP contribution in [0.3, 0.4) is 0 Å². The second-order valence-electron chi connectivity index (χ2n) is 12.8. The number of nitrogens with zero attached hydrogens (tertiary/aromatic N) is 2. The number of nitrogens with one attached hydrogen (secondary N) is 1. The molecule has 3 aliphatic heterocycles. The highest BCUT2D eigenvalue weighted by Gasteiger charge is 2.77. The third-order valence-electron chi connectivity index (χ3n) is 8.87. The largest absolute Gasteiger partial charge is 0.463 e. The summed E-state index contributed by atoms with van der Waals surface area (Å²) in [4.78, 5) is 58.0. The van der Waals surface area contributed by atoms with Gasteiger partial charge >= 0.3 is 5.97 Å². The minimum atomic E-state index is -1.28. The molecular weight excluding hydrogens is 630 g/mol. The molecule has 3 fully saturated rings. The van der Waals surface area contributed by atoms with Gasteiger partial charge in [0.25, 0.3) is 0 Å². The fourth-order valence-electron chi connectivity index (χ4n) is 6.82. The maximum atomic E-state index is 14.4. The number of esters is 1. The summed E-state index contributed by atoms with van der Waals surface area (Å²) < 4.78 is 12.1. The van der Waals surface area contributed by atoms with Crippen LogP contribution in [0.2, 0.25) is 0 Å². The predicted octanol–water partition coefficient (Wildman–Crippen LogP) is 3.30. The second-order valence-corrected chi connectivity index (χ2v) is 14.0. The van der Waals surface area contributed by atoms with Crippen LogP contribution in [0.1, 0.15) is 58.6 Å². The Kier molecular flexibility index (Phi) is 10.4. The Morgan fingerprint density at radius 2 is 1.93 bits per heavy atom. The number of rotatable bonds is 13. The molecule has 3 saturated heterocycles. The van der Waals surface area contributed by atoms with Crippen LogP contribution in [0.5, 0.6) is 0 Å². The van der Waals surface area contributed by atoms with Gasteiger partial charge in [0.15, 0.2) is 0 Å². The van der Waals surface area contributed by atoms with E-state index in [-0.39, 0.29) is 36.9 Å². The molecule has 11 heteroatoms. The highest BCUT2D eigenvalue weighted by Crippen LogP contribution is 2.60. The maximum absolute atomic E-state index is 14.4. The number of hydrogen-bond acceptors (Lipinski definition) is 7. The molecule has 3 heterocycles. The lowest BCUT2D eigenvalue weighted by atomic mass is 9.70. The monoisotopic (exact) mass is 673 g/mol. The van der Waals surface area contributed by atoms with Crippen molar-refractivity contribution >= 4 is 39.6 Å². The first-order chi connectivity index (χ1) is 20.8. The van der Waals surface area contributed by atoms with E-state index in [1.165, 1.54) is 4.90 Å². The van der Waals surface area contributed by atoms with E-state index in [1.54, 1.807) is 24.0 Å². The van der Waals surface area contributed by atoms with Crippen molar-refractivity contribution in [3.8, 4) is 0 Å². The molecule has 0 aliphatic carbocycles. The van der Waals surface area contributed by atoms with Crippen LogP contribution in [0.4, 0.5) is 0 Å². The Balaban J connectivity index is 1.69. The molecule has 1 aromatic rings. The summed E-state index contributed by atoms with van der Waals surface area (Å²) in [6.45, 7) is 14.7. The molecule has 240 valence electrons. The van der Waals surface area contributed by atoms with E-state index in [9.17, 15) is 24.3 Å². The molecule has 2 bridgehead atoms. The van der Waals surface area contributed by atoms with Crippen LogP contribution < -0.4 is 5.32 Å². The van der Waals surface area contributed by atoms with Crippen molar-refractivity contribution in [1.29, 1.82) is 0 Å². The molecule has 0 aromatic heterocycles. The summed E-state index contributed by atoms with van der Waals surface area (Å²) in [6.07, 6.45) is 3.60. The first kappa shape index (κ1) is 33.9. The van der Waals surface area contributed by atoms with Gasteiger partial charge in [-0.2, -0.15) is 0 Å². The molecule has 4 rings (SSSR count). The Morgan fingerprint density at radius 3 is 2.52 bits per heavy atom. The van der Waals surface area contributed by atoms with Crippen LogP contribution in [0.25, 0.3) is 0 Å². The average molecular weight is 675 g/mol. The Morgan fingerprint density at radius 1 is 1.25 bits per heavy atom. The summed E-state index contributed by atoms with van der Waals surface area (Å²) >= 11 is 3.70. The first-order valence-electron chi connectivity index (χ1n) is 15.1. The maximum Gasteiger partial charge on any atom is 0.306 e. The minimum absolute atomic E-state index is 0.0949. The number of aliphatic hydroxyl groups excluding tert-OH is 1. The lowest BCUT2D eigenvalue weighted by Crippen LogP contribution is -2.61. The molecule has 8 atom stereocenters. The van der Waals surface area contributed by atoms with E-state index in [0.717, 1.165) is 5.56 Å². The molecule has 3 aliphatic rings. The summed E-state index contributed by atoms with van der Waals surface area (Å²) in [5, 5.41) is 13.2. The molecule has 10 nitrogen and oxygen atoms in total. The van der Waals surface area contributed by atoms with Gasteiger partial charge < -0.3 is 29.7 Å². The summed E-state index contributed by atoms with van der Waals surface area (Å²) in [7, 11) is 0. The van der Waals surface area contributed by atoms with E-state index in [1.807, 2.05) is 51.1 Å². The fraction of sp³-hybridized carbons (Fsp3) is 0.576. The zero-order chi connectivity index (χ0) is 32.4. The lowest BCUT2D eigenvalue weighted by molar-refractivity contribution is -0.154. The number of allylic oxidation sites excluding steroid dienone is 1. The molecular formula is C33H44BrN3O7. The molecule has 44 heavy (non-hydrogen) atoms. The van der Waals surface area contributed by atoms with E-state index in [2.05, 4.69) is 34.4 Å². The standard InChI is InChI=1S/C33H44BrN3O7/c1-7-9-15-24(39)43-19-23(21-13-11-10-12-14-21)35-29(40)25-26-30(41)37(20(3)18-38)28(33(26)17-22(34)27(25)44-33)31(42)36(16-8-2)32(4,5)6/h7-8,10-14,20,22-23,25-28,38H,1-2,9,15-19H2,3-6H3,(H,35,40)/t20-,22?,23+,25-,26+,27-,28-,33+/m1/s1. The number of hydrogen-bond donors (Lipinski definition) is 2. The fourth-order valence-corrected chi connectivity index (χ4v) is 7.77. The number of halogens is 1. The van der Waals surface area contributed by atoms with Gasteiger partial charge in [-0.25, -0.2) is 0 Å². The molecule has 1 unspecified atom stereocenters. The molecule has 0 radical (unpaired) electrons. The number of fused-ring (bicyclic) bond motifs is 1. The van der Waals surface area contributed by atoms with Crippen molar-refractivity contribution in [2.24, 2.45) is 11.8 Å². The molecule has 1 aromatic carbocycles. The predicted molar refractivity (Wildman–Crippen MR) is 168 cm³/mol. The van der Waals surface area contributed by atoms with Crippen LogP contribution in [-0.2, 0) is 28.7 Å². The average Bonchev–Trinajstić information content (AvgIpc) is 3.59. The molecule has 0 saturated carbocycles. The number of alkyl halides is 1. The van der Waals surface area contributed by atoms with Gasteiger partial charge in [0.05, 0.1) is 36.6 Å². The van der Waals surface area contributed by atoms with Gasteiger partial charge in [0, 0.05) is 23.3 Å². The van der Waals surface area contributed by atoms with Crippen molar-refractivity contribution in [3.63, 3.8) is 0 Å². The van der Waals surface area contributed by atoms with Gasteiger partial charge in [-0.05, 0) is 46.1 Å². The summed E-state index contributed by atoms with van der Waals surface area (Å²) in [5.41, 5.74) is -1.13. The van der Waals surface area contributed by atoms with Crippen molar-refractivity contribution in [2.45, 2.75) is 87.2 Å². The zero-order valence-electron chi connectivity index (χ0n) is 25.9. The van der Waals surface area contributed by atoms with Gasteiger partial charge in [0.2, 0.25) is 17.7 Å². The number of likely N-dealkylation sites (tertiary alicyclic amines) is 1. The third kappa shape index (κ3) is 6.23. The van der Waals surface area contributed by atoms with Crippen LogP contribution in [0.15, 0.2) is 55.6 Å². The van der Waals surface area contributed by atoms with Crippen LogP contribution in [-0.4, -0.2) is 92.5 Å². The van der Waals surface area contributed by atoms with Gasteiger partial charge in [-0.15, -0.1) is 13.2 Å². The lowest BCUT2D eigenvalue weighted by Gasteiger charge is -2.43. The zero-order valence-corrected chi connectivity index (χ0v) is 27.5. The second kappa shape index (κ2) is 13.5. The number of benzene rings is 1. The van der Waals surface area contributed by atoms with E-state index in [0.29, 0.717) is 12.8 Å². The highest BCUT2D eigenvalue weighted by molar-refractivity contribution is 9.09. The summed E-state index contributed by atoms with van der Waals surface area (Å²) in [5.74, 6) is -3.42. The summed E-state index contributed by atoms with van der Waals surface area (Å²) in [6, 6.07) is 6.75. The number of ether oxygens (including phenoxy) is 2. The number of carbonyl (C=O) groups excluding carboxylic acids is 4. The highest BCUT2D eigenvalue weighted by atomic mass is 79.9. The van der Waals surface area contributed by atoms with Crippen LogP contribution in [0, 0.1) is 11.8 Å². The van der Waals surface area contributed by atoms with Crippen molar-refractivity contribution in [1.82, 2.24) is 15.1 Å². The number of carbonyl (C=O) groups is 4. The normalized spacial score (nSPS) is 28.6. The number of amides is 3. The smallest absolute Gasteiger partial charge is 0.306 e. The van der Waals surface area contributed by atoms with Gasteiger partial charge in [-0.1, -0.05) is 58.4 Å². The van der Waals surface area contributed by atoms with Gasteiger partial charge in [0.1, 0.15) is 18.2 Å². The first-order valence-corrected chi connectivity index (χ1v) is 16.0. The van der Waals surface area contributed by atoms with E-state index in [4.69, 9.17) is 9.47 Å². The van der Waals surface area contributed by atoms with Crippen LogP contribution >= 0.6 is 15.9 Å². The Bertz CT molecular complexity index is 1270. The Labute approximate surface area is 267 Å². The molecule has 1 spiro atoms. The van der Waals surface area contributed by atoms with E-state index < -0.39 is 65.0 Å².